The molecule has 0 spiro atoms. The molecule has 2 atom stereocenters. The van der Waals surface area contributed by atoms with Crippen LogP contribution in [0.2, 0.25) is 0 Å². The Morgan fingerprint density at radius 1 is 1.50 bits per heavy atom. The van der Waals surface area contributed by atoms with Crippen LogP contribution in [-0.4, -0.2) is 24.0 Å². The van der Waals surface area contributed by atoms with Crippen LogP contribution in [0.3, 0.4) is 0 Å². The molecule has 1 aromatic rings. The van der Waals surface area contributed by atoms with Gasteiger partial charge in [0.05, 0.1) is 16.7 Å². The molecule has 1 fully saturated rings. The van der Waals surface area contributed by atoms with E-state index in [0.717, 1.165) is 30.2 Å². The number of hydrogen-bond donors (Lipinski definition) is 2. The molecule has 4 nitrogen and oxygen atoms in total. The molecule has 0 saturated carbocycles. The molecule has 1 amide bonds. The Morgan fingerprint density at radius 3 is 2.60 bits per heavy atom. The highest BCUT2D eigenvalue weighted by Gasteiger charge is 2.29. The number of rotatable bonds is 5. The van der Waals surface area contributed by atoms with Gasteiger partial charge < -0.3 is 10.6 Å². The van der Waals surface area contributed by atoms with Crippen molar-refractivity contribution in [2.45, 2.75) is 33.2 Å². The van der Waals surface area contributed by atoms with Gasteiger partial charge in [-0.3, -0.25) is 4.79 Å². The summed E-state index contributed by atoms with van der Waals surface area (Å²) in [5, 5.41) is 9.43. The predicted octanol–water partition coefficient (Wildman–Crippen LogP) is 2.58. The SMILES string of the molecule is CCc1nc(C(C)NC(=O)C(C)C2CNC2)cs1.Cl.Cl. The average molecular weight is 340 g/mol. The van der Waals surface area contributed by atoms with E-state index in [1.54, 1.807) is 11.3 Å². The molecule has 7 heteroatoms. The van der Waals surface area contributed by atoms with Crippen LogP contribution in [0.5, 0.6) is 0 Å². The van der Waals surface area contributed by atoms with Crippen molar-refractivity contribution in [3.05, 3.63) is 16.1 Å². The van der Waals surface area contributed by atoms with Crippen LogP contribution in [0.15, 0.2) is 5.38 Å². The van der Waals surface area contributed by atoms with Crippen LogP contribution in [0, 0.1) is 11.8 Å². The number of hydrogen-bond acceptors (Lipinski definition) is 4. The van der Waals surface area contributed by atoms with Gasteiger partial charge in [0.25, 0.3) is 0 Å². The summed E-state index contributed by atoms with van der Waals surface area (Å²) >= 11 is 1.66. The van der Waals surface area contributed by atoms with Crippen molar-refractivity contribution in [3.8, 4) is 0 Å². The number of thiazole rings is 1. The summed E-state index contributed by atoms with van der Waals surface area (Å²) in [5.41, 5.74) is 0.976. The first-order chi connectivity index (χ1) is 8.61. The summed E-state index contributed by atoms with van der Waals surface area (Å²) in [6.07, 6.45) is 0.954. The lowest BCUT2D eigenvalue weighted by atomic mass is 9.88. The minimum atomic E-state index is 0. The molecule has 0 aliphatic carbocycles. The second-order valence-corrected chi connectivity index (χ2v) is 5.90. The molecule has 2 rings (SSSR count). The fourth-order valence-corrected chi connectivity index (χ4v) is 2.82. The molecule has 2 heterocycles. The maximum atomic E-state index is 12.1. The Labute approximate surface area is 137 Å². The van der Waals surface area contributed by atoms with E-state index in [1.165, 1.54) is 0 Å². The van der Waals surface area contributed by atoms with Crippen LogP contribution >= 0.6 is 36.2 Å². The van der Waals surface area contributed by atoms with Crippen LogP contribution in [0.1, 0.15) is 37.5 Å². The molecule has 0 aromatic carbocycles. The van der Waals surface area contributed by atoms with Gasteiger partial charge in [0, 0.05) is 11.3 Å². The summed E-state index contributed by atoms with van der Waals surface area (Å²) in [5.74, 6) is 0.705. The summed E-state index contributed by atoms with van der Waals surface area (Å²) in [7, 11) is 0. The third kappa shape index (κ3) is 4.58. The van der Waals surface area contributed by atoms with E-state index in [-0.39, 0.29) is 42.7 Å². The number of aryl methyl sites for hydroxylation is 1. The zero-order chi connectivity index (χ0) is 13.1. The maximum Gasteiger partial charge on any atom is 0.223 e. The Bertz CT molecular complexity index is 424. The van der Waals surface area contributed by atoms with Gasteiger partial charge >= 0.3 is 0 Å². The van der Waals surface area contributed by atoms with Crippen molar-refractivity contribution < 1.29 is 4.79 Å². The van der Waals surface area contributed by atoms with E-state index in [1.807, 2.05) is 19.2 Å². The first kappa shape index (κ1) is 19.6. The Hall–Kier alpha value is -0.360. The van der Waals surface area contributed by atoms with E-state index in [9.17, 15) is 4.79 Å². The summed E-state index contributed by atoms with van der Waals surface area (Å²) in [4.78, 5) is 16.6. The molecule has 1 aliphatic rings. The zero-order valence-electron chi connectivity index (χ0n) is 12.0. The van der Waals surface area contributed by atoms with E-state index in [0.29, 0.717) is 5.92 Å². The van der Waals surface area contributed by atoms with Crippen molar-refractivity contribution in [3.63, 3.8) is 0 Å². The van der Waals surface area contributed by atoms with E-state index >= 15 is 0 Å². The maximum absolute atomic E-state index is 12.1. The van der Waals surface area contributed by atoms with Crippen molar-refractivity contribution in [1.29, 1.82) is 0 Å². The third-order valence-electron chi connectivity index (χ3n) is 3.61. The molecule has 20 heavy (non-hydrogen) atoms. The van der Waals surface area contributed by atoms with Gasteiger partial charge in [0.2, 0.25) is 5.91 Å². The van der Waals surface area contributed by atoms with Crippen molar-refractivity contribution in [1.82, 2.24) is 15.6 Å². The monoisotopic (exact) mass is 339 g/mol. The zero-order valence-corrected chi connectivity index (χ0v) is 14.5. The molecular weight excluding hydrogens is 317 g/mol. The standard InChI is InChI=1S/C13H21N3OS.2ClH/c1-4-12-16-11(7-18-12)9(3)15-13(17)8(2)10-5-14-6-10;;/h7-10,14H,4-6H2,1-3H3,(H,15,17);2*1H. The normalized spacial score (nSPS) is 17.1. The molecule has 0 bridgehead atoms. The van der Waals surface area contributed by atoms with Crippen LogP contribution < -0.4 is 10.6 Å². The lowest BCUT2D eigenvalue weighted by Gasteiger charge is -2.32. The lowest BCUT2D eigenvalue weighted by molar-refractivity contribution is -0.127. The molecule has 1 saturated heterocycles. The molecule has 2 N–H and O–H groups in total. The first-order valence-electron chi connectivity index (χ1n) is 6.57. The smallest absolute Gasteiger partial charge is 0.223 e. The number of nitrogens with zero attached hydrogens (tertiary/aromatic N) is 1. The van der Waals surface area contributed by atoms with Gasteiger partial charge in [0.15, 0.2) is 0 Å². The number of halogens is 2. The molecule has 1 aliphatic heterocycles. The average Bonchev–Trinajstić information content (AvgIpc) is 2.74. The molecule has 0 radical (unpaired) electrons. The van der Waals surface area contributed by atoms with Crippen LogP contribution in [0.4, 0.5) is 0 Å². The van der Waals surface area contributed by atoms with E-state index in [4.69, 9.17) is 0 Å². The number of nitrogens with one attached hydrogen (secondary N) is 2. The molecular formula is C13H23Cl2N3OS. The number of carbonyl (C=O) groups is 1. The second kappa shape index (κ2) is 8.82. The van der Waals surface area contributed by atoms with Crippen molar-refractivity contribution in [2.24, 2.45) is 11.8 Å². The second-order valence-electron chi connectivity index (χ2n) is 4.96. The predicted molar refractivity (Wildman–Crippen MR) is 88.1 cm³/mol. The van der Waals surface area contributed by atoms with Gasteiger partial charge in [-0.15, -0.1) is 36.2 Å². The Morgan fingerprint density at radius 2 is 2.15 bits per heavy atom. The van der Waals surface area contributed by atoms with Crippen molar-refractivity contribution >= 4 is 42.1 Å². The fourth-order valence-electron chi connectivity index (χ4n) is 1.98. The summed E-state index contributed by atoms with van der Waals surface area (Å²) in [6, 6.07) is 0.00420. The Balaban J connectivity index is 0.00000180. The topological polar surface area (TPSA) is 54.0 Å². The quantitative estimate of drug-likeness (QED) is 0.866. The first-order valence-corrected chi connectivity index (χ1v) is 7.45. The van der Waals surface area contributed by atoms with Gasteiger partial charge in [-0.05, 0) is 32.4 Å². The third-order valence-corrected chi connectivity index (χ3v) is 4.62. The summed E-state index contributed by atoms with van der Waals surface area (Å²) in [6.45, 7) is 8.01. The highest BCUT2D eigenvalue weighted by molar-refractivity contribution is 7.09. The van der Waals surface area contributed by atoms with E-state index < -0.39 is 0 Å². The fraction of sp³-hybridized carbons (Fsp3) is 0.692. The Kier molecular flexibility index (Phi) is 8.66. The highest BCUT2D eigenvalue weighted by atomic mass is 35.5. The van der Waals surface area contributed by atoms with Crippen LogP contribution in [0.25, 0.3) is 0 Å². The minimum Gasteiger partial charge on any atom is -0.348 e. The lowest BCUT2D eigenvalue weighted by Crippen LogP contribution is -2.49. The van der Waals surface area contributed by atoms with E-state index in [2.05, 4.69) is 22.5 Å². The number of amides is 1. The molecule has 1 aromatic heterocycles. The van der Waals surface area contributed by atoms with Gasteiger partial charge in [-0.1, -0.05) is 13.8 Å². The van der Waals surface area contributed by atoms with Gasteiger partial charge in [0.1, 0.15) is 0 Å². The van der Waals surface area contributed by atoms with Crippen LogP contribution in [-0.2, 0) is 11.2 Å². The summed E-state index contributed by atoms with van der Waals surface area (Å²) < 4.78 is 0. The number of aromatic nitrogens is 1. The minimum absolute atomic E-state index is 0. The van der Waals surface area contributed by atoms with Crippen molar-refractivity contribution in [2.75, 3.05) is 13.1 Å². The van der Waals surface area contributed by atoms with Gasteiger partial charge in [-0.2, -0.15) is 0 Å². The number of carbonyl (C=O) groups excluding carboxylic acids is 1. The van der Waals surface area contributed by atoms with Gasteiger partial charge in [-0.25, -0.2) is 4.98 Å². The highest BCUT2D eigenvalue weighted by Crippen LogP contribution is 2.20. The largest absolute Gasteiger partial charge is 0.348 e. The molecule has 116 valence electrons. The molecule has 2 unspecified atom stereocenters.